The maximum atomic E-state index is 15.1. The van der Waals surface area contributed by atoms with Crippen LogP contribution >= 0.6 is 0 Å². The molecule has 2 saturated carbocycles. The van der Waals surface area contributed by atoms with Crippen molar-refractivity contribution in [1.29, 1.82) is 0 Å². The number of rotatable bonds is 9. The molecule has 2 fully saturated rings. The number of halogens is 4. The van der Waals surface area contributed by atoms with E-state index in [1.807, 2.05) is 30.3 Å². The Bertz CT molecular complexity index is 922. The summed E-state index contributed by atoms with van der Waals surface area (Å²) in [7, 11) is 0. The van der Waals surface area contributed by atoms with Gasteiger partial charge in [-0.1, -0.05) is 94.3 Å². The Kier molecular flexibility index (Phi) is 8.94. The minimum atomic E-state index is -4.13. The van der Waals surface area contributed by atoms with E-state index in [9.17, 15) is 8.78 Å². The van der Waals surface area contributed by atoms with Gasteiger partial charge in [-0.25, -0.2) is 8.78 Å². The lowest BCUT2D eigenvalue weighted by Gasteiger charge is -2.36. The molecule has 0 aromatic heterocycles. The number of benzene rings is 2. The van der Waals surface area contributed by atoms with Crippen LogP contribution in [-0.4, -0.2) is 6.43 Å². The van der Waals surface area contributed by atoms with Crippen molar-refractivity contribution in [2.45, 2.75) is 115 Å². The molecule has 2 aromatic carbocycles. The van der Waals surface area contributed by atoms with E-state index in [1.54, 1.807) is 6.07 Å². The van der Waals surface area contributed by atoms with Gasteiger partial charge in [0, 0.05) is 5.56 Å². The van der Waals surface area contributed by atoms with Crippen molar-refractivity contribution in [3.05, 3.63) is 59.2 Å². The number of hydrogen-bond donors (Lipinski definition) is 0. The van der Waals surface area contributed by atoms with E-state index in [4.69, 9.17) is 0 Å². The molecule has 0 spiro atoms. The highest BCUT2D eigenvalue weighted by atomic mass is 19.3. The van der Waals surface area contributed by atoms with Crippen molar-refractivity contribution >= 4 is 0 Å². The standard InChI is InChI=1S/C31H40F4/c1-2-3-6-11-22-16-18-25(19-17-22)29-27(31(34,35)30(32)33)21-20-26(23-12-7-4-8-13-23)28(29)24-14-9-5-10-15-24/h4,7-8,12-13,20-22,24-25,30H,2-3,5-6,9-11,14-19H2,1H3. The summed E-state index contributed by atoms with van der Waals surface area (Å²) >= 11 is 0. The summed E-state index contributed by atoms with van der Waals surface area (Å²) < 4.78 is 57.7. The summed E-state index contributed by atoms with van der Waals surface area (Å²) in [6.07, 6.45) is 9.98. The molecule has 2 aliphatic rings. The van der Waals surface area contributed by atoms with Crippen LogP contribution in [0.2, 0.25) is 0 Å². The fourth-order valence-corrected chi connectivity index (χ4v) is 6.61. The van der Waals surface area contributed by atoms with Crippen LogP contribution in [0.1, 0.15) is 119 Å². The molecule has 0 N–H and O–H groups in total. The van der Waals surface area contributed by atoms with Gasteiger partial charge in [-0.15, -0.1) is 0 Å². The SMILES string of the molecule is CCCCCC1CCC(c2c(C(F)(F)C(F)F)ccc(-c3ccccc3)c2C2CCCCC2)CC1. The molecule has 0 aliphatic heterocycles. The van der Waals surface area contributed by atoms with Crippen LogP contribution in [0.15, 0.2) is 42.5 Å². The topological polar surface area (TPSA) is 0 Å². The molecule has 0 nitrogen and oxygen atoms in total. The van der Waals surface area contributed by atoms with Crippen molar-refractivity contribution in [1.82, 2.24) is 0 Å². The fraction of sp³-hybridized carbons (Fsp3) is 0.613. The summed E-state index contributed by atoms with van der Waals surface area (Å²) in [5.74, 6) is -3.42. The monoisotopic (exact) mass is 488 g/mol. The van der Waals surface area contributed by atoms with Crippen LogP contribution in [-0.2, 0) is 5.92 Å². The normalized spacial score (nSPS) is 22.0. The lowest BCUT2D eigenvalue weighted by atomic mass is 9.69. The molecule has 0 unspecified atom stereocenters. The summed E-state index contributed by atoms with van der Waals surface area (Å²) in [4.78, 5) is 0. The van der Waals surface area contributed by atoms with E-state index in [0.29, 0.717) is 11.5 Å². The molecule has 0 saturated heterocycles. The quantitative estimate of drug-likeness (QED) is 0.243. The molecule has 4 rings (SSSR count). The van der Waals surface area contributed by atoms with Gasteiger partial charge >= 0.3 is 12.3 Å². The molecule has 2 aliphatic carbocycles. The predicted octanol–water partition coefficient (Wildman–Crippen LogP) is 10.6. The molecular formula is C31H40F4. The molecule has 192 valence electrons. The van der Waals surface area contributed by atoms with Gasteiger partial charge in [0.2, 0.25) is 0 Å². The van der Waals surface area contributed by atoms with Crippen molar-refractivity contribution in [3.63, 3.8) is 0 Å². The van der Waals surface area contributed by atoms with E-state index in [0.717, 1.165) is 74.5 Å². The minimum absolute atomic E-state index is 0.0716. The Balaban J connectivity index is 1.79. The minimum Gasteiger partial charge on any atom is -0.203 e. The first-order chi connectivity index (χ1) is 16.9. The smallest absolute Gasteiger partial charge is 0.203 e. The lowest BCUT2D eigenvalue weighted by molar-refractivity contribution is -0.135. The zero-order valence-corrected chi connectivity index (χ0v) is 21.1. The second-order valence-corrected chi connectivity index (χ2v) is 10.8. The van der Waals surface area contributed by atoms with Crippen molar-refractivity contribution in [3.8, 4) is 11.1 Å². The average Bonchev–Trinajstić information content (AvgIpc) is 2.89. The van der Waals surface area contributed by atoms with E-state index < -0.39 is 17.9 Å². The highest BCUT2D eigenvalue weighted by Gasteiger charge is 2.46. The summed E-state index contributed by atoms with van der Waals surface area (Å²) in [6.45, 7) is 2.20. The van der Waals surface area contributed by atoms with Gasteiger partial charge in [-0.2, -0.15) is 8.78 Å². The summed E-state index contributed by atoms with van der Waals surface area (Å²) in [6, 6.07) is 12.9. The second-order valence-electron chi connectivity index (χ2n) is 10.8. The third-order valence-corrected chi connectivity index (χ3v) is 8.49. The van der Waals surface area contributed by atoms with Crippen LogP contribution < -0.4 is 0 Å². The maximum Gasteiger partial charge on any atom is 0.332 e. The average molecular weight is 489 g/mol. The zero-order chi connectivity index (χ0) is 24.8. The Morgan fingerprint density at radius 3 is 2.06 bits per heavy atom. The third-order valence-electron chi connectivity index (χ3n) is 8.49. The first kappa shape index (κ1) is 26.2. The fourth-order valence-electron chi connectivity index (χ4n) is 6.61. The number of unbranched alkanes of at least 4 members (excludes halogenated alkanes) is 2. The van der Waals surface area contributed by atoms with E-state index in [2.05, 4.69) is 6.92 Å². The maximum absolute atomic E-state index is 15.1. The van der Waals surface area contributed by atoms with Crippen molar-refractivity contribution < 1.29 is 17.6 Å². The van der Waals surface area contributed by atoms with Gasteiger partial charge in [-0.3, -0.25) is 0 Å². The summed E-state index contributed by atoms with van der Waals surface area (Å²) in [5.41, 5.74) is 3.06. The van der Waals surface area contributed by atoms with Crippen LogP contribution in [0.25, 0.3) is 11.1 Å². The highest BCUT2D eigenvalue weighted by molar-refractivity contribution is 5.71. The molecule has 0 atom stereocenters. The van der Waals surface area contributed by atoms with Gasteiger partial charge in [0.05, 0.1) is 0 Å². The van der Waals surface area contributed by atoms with Gasteiger partial charge in [0.15, 0.2) is 0 Å². The number of hydrogen-bond acceptors (Lipinski definition) is 0. The number of alkyl halides is 4. The van der Waals surface area contributed by atoms with Crippen LogP contribution in [0, 0.1) is 5.92 Å². The Morgan fingerprint density at radius 1 is 0.771 bits per heavy atom. The van der Waals surface area contributed by atoms with Gasteiger partial charge in [0.25, 0.3) is 0 Å². The van der Waals surface area contributed by atoms with Crippen molar-refractivity contribution in [2.75, 3.05) is 0 Å². The predicted molar refractivity (Wildman–Crippen MR) is 136 cm³/mol. The molecule has 0 bridgehead atoms. The molecule has 35 heavy (non-hydrogen) atoms. The molecule has 4 heteroatoms. The Morgan fingerprint density at radius 2 is 1.43 bits per heavy atom. The van der Waals surface area contributed by atoms with Crippen molar-refractivity contribution in [2.24, 2.45) is 5.92 Å². The van der Waals surface area contributed by atoms with Gasteiger partial charge < -0.3 is 0 Å². The molecule has 0 radical (unpaired) electrons. The molecule has 2 aromatic rings. The van der Waals surface area contributed by atoms with E-state index >= 15 is 8.78 Å². The summed E-state index contributed by atoms with van der Waals surface area (Å²) in [5, 5.41) is 0. The molecular weight excluding hydrogens is 448 g/mol. The van der Waals surface area contributed by atoms with Gasteiger partial charge in [-0.05, 0) is 78.5 Å². The highest BCUT2D eigenvalue weighted by Crippen LogP contribution is 2.51. The van der Waals surface area contributed by atoms with Gasteiger partial charge in [0.1, 0.15) is 0 Å². The van der Waals surface area contributed by atoms with Crippen LogP contribution in [0.4, 0.5) is 17.6 Å². The van der Waals surface area contributed by atoms with Crippen LogP contribution in [0.3, 0.4) is 0 Å². The first-order valence-electron chi connectivity index (χ1n) is 13.8. The Hall–Kier alpha value is -1.84. The van der Waals surface area contributed by atoms with E-state index in [1.165, 1.54) is 31.7 Å². The second kappa shape index (κ2) is 11.9. The molecule has 0 heterocycles. The van der Waals surface area contributed by atoms with E-state index in [-0.39, 0.29) is 11.8 Å². The first-order valence-corrected chi connectivity index (χ1v) is 13.8. The lowest BCUT2D eigenvalue weighted by Crippen LogP contribution is -2.28. The Labute approximate surface area is 208 Å². The van der Waals surface area contributed by atoms with Crippen LogP contribution in [0.5, 0.6) is 0 Å². The molecule has 0 amide bonds. The third kappa shape index (κ3) is 5.94. The zero-order valence-electron chi connectivity index (χ0n) is 21.1. The largest absolute Gasteiger partial charge is 0.332 e.